The topological polar surface area (TPSA) is 96.0 Å². The first-order chi connectivity index (χ1) is 16.1. The number of carbonyl (C=O) groups excluding carboxylic acids is 2. The number of anilines is 1. The number of amides is 2. The molecule has 8 nitrogen and oxygen atoms in total. The van der Waals surface area contributed by atoms with Gasteiger partial charge < -0.3 is 15.0 Å². The van der Waals surface area contributed by atoms with E-state index in [-0.39, 0.29) is 24.8 Å². The average molecular weight is 490 g/mol. The number of nitrogens with one attached hydrogen (secondary N) is 1. The summed E-state index contributed by atoms with van der Waals surface area (Å²) in [7, 11) is -2.01. The van der Waals surface area contributed by atoms with Gasteiger partial charge in [0, 0.05) is 26.6 Å². The summed E-state index contributed by atoms with van der Waals surface area (Å²) in [6.07, 6.45) is 1.56. The zero-order valence-electron chi connectivity index (χ0n) is 20.6. The molecule has 1 N–H and O–H groups in total. The number of aryl methyl sites for hydroxylation is 1. The number of sulfonamides is 1. The van der Waals surface area contributed by atoms with Crippen LogP contribution in [0.1, 0.15) is 37.8 Å². The van der Waals surface area contributed by atoms with E-state index in [0.29, 0.717) is 31.0 Å². The molecule has 2 aromatic rings. The van der Waals surface area contributed by atoms with E-state index >= 15 is 0 Å². The largest absolute Gasteiger partial charge is 0.494 e. The number of likely N-dealkylation sites (N-methyl/N-ethyl adjacent to an activating group) is 1. The van der Waals surface area contributed by atoms with Crippen LogP contribution in [-0.2, 0) is 26.2 Å². The van der Waals surface area contributed by atoms with Gasteiger partial charge in [-0.15, -0.1) is 0 Å². The van der Waals surface area contributed by atoms with Crippen molar-refractivity contribution in [3.05, 3.63) is 59.7 Å². The molecule has 34 heavy (non-hydrogen) atoms. The molecule has 9 heteroatoms. The number of benzene rings is 2. The fraction of sp³-hybridized carbons (Fsp3) is 0.440. The Morgan fingerprint density at radius 2 is 1.74 bits per heavy atom. The lowest BCUT2D eigenvalue weighted by atomic mass is 10.1. The Balaban J connectivity index is 2.14. The van der Waals surface area contributed by atoms with Crippen LogP contribution in [0.15, 0.2) is 48.5 Å². The van der Waals surface area contributed by atoms with Crippen molar-refractivity contribution in [3.63, 3.8) is 0 Å². The van der Waals surface area contributed by atoms with Gasteiger partial charge in [0.05, 0.1) is 18.6 Å². The van der Waals surface area contributed by atoms with Crippen LogP contribution in [0.25, 0.3) is 0 Å². The quantitative estimate of drug-likeness (QED) is 0.494. The van der Waals surface area contributed by atoms with Gasteiger partial charge in [0.2, 0.25) is 21.8 Å². The lowest BCUT2D eigenvalue weighted by Crippen LogP contribution is -2.47. The molecular weight excluding hydrogens is 454 g/mol. The van der Waals surface area contributed by atoms with E-state index in [1.54, 1.807) is 36.1 Å². The van der Waals surface area contributed by atoms with Gasteiger partial charge in [0.15, 0.2) is 0 Å². The molecule has 0 aliphatic carbocycles. The third-order valence-corrected chi connectivity index (χ3v) is 6.80. The number of rotatable bonds is 12. The minimum atomic E-state index is -3.55. The highest BCUT2D eigenvalue weighted by atomic mass is 32.2. The maximum atomic E-state index is 13.2. The summed E-state index contributed by atoms with van der Waals surface area (Å²) in [5.41, 5.74) is 2.50. The van der Waals surface area contributed by atoms with Gasteiger partial charge in [-0.3, -0.25) is 13.9 Å². The van der Waals surface area contributed by atoms with Crippen molar-refractivity contribution in [2.45, 2.75) is 46.2 Å². The first kappa shape index (κ1) is 27.2. The molecule has 2 amide bonds. The SMILES string of the molecule is CCOc1ccc(N(CCCC(=O)N(Cc2ccccc2C)[C@H](C)C(=O)NC)S(C)(=O)=O)cc1. The van der Waals surface area contributed by atoms with Gasteiger partial charge in [-0.25, -0.2) is 8.42 Å². The molecular formula is C25H35N3O5S. The second-order valence-electron chi connectivity index (χ2n) is 8.10. The Kier molecular flexibility index (Phi) is 9.92. The van der Waals surface area contributed by atoms with Crippen LogP contribution < -0.4 is 14.4 Å². The lowest BCUT2D eigenvalue weighted by molar-refractivity contribution is -0.140. The summed E-state index contributed by atoms with van der Waals surface area (Å²) >= 11 is 0. The van der Waals surface area contributed by atoms with Crippen LogP contribution in [0.2, 0.25) is 0 Å². The van der Waals surface area contributed by atoms with Crippen LogP contribution in [0, 0.1) is 6.92 Å². The minimum Gasteiger partial charge on any atom is -0.494 e. The highest BCUT2D eigenvalue weighted by molar-refractivity contribution is 7.92. The van der Waals surface area contributed by atoms with E-state index in [0.717, 1.165) is 17.4 Å². The fourth-order valence-electron chi connectivity index (χ4n) is 3.64. The summed E-state index contributed by atoms with van der Waals surface area (Å²) in [6.45, 7) is 6.49. The molecule has 0 aliphatic rings. The van der Waals surface area contributed by atoms with Gasteiger partial charge >= 0.3 is 0 Å². The third-order valence-electron chi connectivity index (χ3n) is 5.60. The Morgan fingerprint density at radius 3 is 2.29 bits per heavy atom. The van der Waals surface area contributed by atoms with E-state index in [1.807, 2.05) is 38.1 Å². The highest BCUT2D eigenvalue weighted by Crippen LogP contribution is 2.23. The summed E-state index contributed by atoms with van der Waals surface area (Å²) in [6, 6.07) is 13.9. The van der Waals surface area contributed by atoms with Crippen LogP contribution in [0.5, 0.6) is 5.75 Å². The van der Waals surface area contributed by atoms with Crippen LogP contribution >= 0.6 is 0 Å². The monoisotopic (exact) mass is 489 g/mol. The number of carbonyl (C=O) groups is 2. The van der Waals surface area contributed by atoms with E-state index in [1.165, 1.54) is 11.4 Å². The molecule has 2 rings (SSSR count). The van der Waals surface area contributed by atoms with Crippen molar-refractivity contribution in [1.82, 2.24) is 10.2 Å². The molecule has 0 radical (unpaired) electrons. The molecule has 1 atom stereocenters. The van der Waals surface area contributed by atoms with E-state index < -0.39 is 16.1 Å². The molecule has 0 saturated heterocycles. The van der Waals surface area contributed by atoms with Crippen LogP contribution in [0.3, 0.4) is 0 Å². The second kappa shape index (κ2) is 12.4. The smallest absolute Gasteiger partial charge is 0.242 e. The number of hydrogen-bond donors (Lipinski definition) is 1. The predicted octanol–water partition coefficient (Wildman–Crippen LogP) is 3.10. The second-order valence-corrected chi connectivity index (χ2v) is 10.0. The molecule has 0 aromatic heterocycles. The molecule has 0 aliphatic heterocycles. The highest BCUT2D eigenvalue weighted by Gasteiger charge is 2.26. The van der Waals surface area contributed by atoms with Gasteiger partial charge in [0.1, 0.15) is 11.8 Å². The molecule has 0 unspecified atom stereocenters. The van der Waals surface area contributed by atoms with Gasteiger partial charge in [-0.2, -0.15) is 0 Å². The first-order valence-electron chi connectivity index (χ1n) is 11.3. The van der Waals surface area contributed by atoms with Gasteiger partial charge in [-0.05, 0) is 62.6 Å². The summed E-state index contributed by atoms with van der Waals surface area (Å²) in [4.78, 5) is 27.0. The normalized spacial score (nSPS) is 12.0. The van der Waals surface area contributed by atoms with E-state index in [4.69, 9.17) is 4.74 Å². The van der Waals surface area contributed by atoms with Crippen molar-refractivity contribution in [2.24, 2.45) is 0 Å². The number of hydrogen-bond acceptors (Lipinski definition) is 5. The number of ether oxygens (including phenoxy) is 1. The molecule has 0 heterocycles. The Morgan fingerprint density at radius 1 is 1.09 bits per heavy atom. The van der Waals surface area contributed by atoms with Crippen molar-refractivity contribution < 1.29 is 22.7 Å². The fourth-order valence-corrected chi connectivity index (χ4v) is 4.61. The van der Waals surface area contributed by atoms with Crippen LogP contribution in [0.4, 0.5) is 5.69 Å². The average Bonchev–Trinajstić information content (AvgIpc) is 2.80. The molecule has 0 saturated carbocycles. The number of nitrogens with zero attached hydrogens (tertiary/aromatic N) is 2. The Hall–Kier alpha value is -3.07. The van der Waals surface area contributed by atoms with Crippen LogP contribution in [-0.4, -0.2) is 57.6 Å². The molecule has 186 valence electrons. The lowest BCUT2D eigenvalue weighted by Gasteiger charge is -2.29. The van der Waals surface area contributed by atoms with Crippen molar-refractivity contribution >= 4 is 27.5 Å². The van der Waals surface area contributed by atoms with Crippen molar-refractivity contribution in [3.8, 4) is 5.75 Å². The predicted molar refractivity (Wildman–Crippen MR) is 134 cm³/mol. The zero-order valence-corrected chi connectivity index (χ0v) is 21.4. The molecule has 2 aromatic carbocycles. The standard InChI is InChI=1S/C25H35N3O5S/c1-6-33-23-15-13-22(14-16-23)28(34(5,31)32)17-9-12-24(29)27(20(3)25(30)26-4)18-21-11-8-7-10-19(21)2/h7-8,10-11,13-16,20H,6,9,12,17-18H2,1-5H3,(H,26,30)/t20-/m1/s1. The Labute approximate surface area is 202 Å². The maximum absolute atomic E-state index is 13.2. The maximum Gasteiger partial charge on any atom is 0.242 e. The summed E-state index contributed by atoms with van der Waals surface area (Å²) in [5, 5.41) is 2.60. The van der Waals surface area contributed by atoms with Gasteiger partial charge in [0.25, 0.3) is 0 Å². The third kappa shape index (κ3) is 7.48. The molecule has 0 fully saturated rings. The summed E-state index contributed by atoms with van der Waals surface area (Å²) in [5.74, 6) is 0.193. The molecule has 0 bridgehead atoms. The van der Waals surface area contributed by atoms with E-state index in [2.05, 4.69) is 5.32 Å². The first-order valence-corrected chi connectivity index (χ1v) is 13.2. The van der Waals surface area contributed by atoms with Gasteiger partial charge in [-0.1, -0.05) is 24.3 Å². The van der Waals surface area contributed by atoms with Crippen molar-refractivity contribution in [2.75, 3.05) is 30.8 Å². The van der Waals surface area contributed by atoms with E-state index in [9.17, 15) is 18.0 Å². The Bertz CT molecular complexity index is 1070. The zero-order chi connectivity index (χ0) is 25.3. The minimum absolute atomic E-state index is 0.107. The van der Waals surface area contributed by atoms with Crippen molar-refractivity contribution in [1.29, 1.82) is 0 Å². The molecule has 0 spiro atoms. The summed E-state index contributed by atoms with van der Waals surface area (Å²) < 4.78 is 31.5.